The van der Waals surface area contributed by atoms with Crippen molar-refractivity contribution in [3.63, 3.8) is 0 Å². The van der Waals surface area contributed by atoms with Crippen molar-refractivity contribution in [3.05, 3.63) is 0 Å². The number of nitrogens with zero attached hydrogens (tertiary/aromatic N) is 4. The Bertz CT molecular complexity index is 517. The van der Waals surface area contributed by atoms with E-state index in [2.05, 4.69) is 54.6 Å². The van der Waals surface area contributed by atoms with Crippen molar-refractivity contribution in [1.29, 1.82) is 0 Å². The summed E-state index contributed by atoms with van der Waals surface area (Å²) in [5.41, 5.74) is 0.0241. The Kier molecular flexibility index (Phi) is 9.92. The van der Waals surface area contributed by atoms with Gasteiger partial charge in [0.15, 0.2) is 5.96 Å². The monoisotopic (exact) mass is 523 g/mol. The zero-order chi connectivity index (χ0) is 20.1. The number of hydrogen-bond acceptors (Lipinski definition) is 5. The van der Waals surface area contributed by atoms with Crippen molar-refractivity contribution < 1.29 is 9.47 Å². The van der Waals surface area contributed by atoms with E-state index in [9.17, 15) is 0 Å². The van der Waals surface area contributed by atoms with E-state index in [0.29, 0.717) is 6.04 Å². The molecule has 7 nitrogen and oxygen atoms in total. The Morgan fingerprint density at radius 2 is 1.72 bits per heavy atom. The van der Waals surface area contributed by atoms with Crippen LogP contribution in [0.1, 0.15) is 41.0 Å². The Hall–Kier alpha value is -0.160. The summed E-state index contributed by atoms with van der Waals surface area (Å²) in [5, 5.41) is 3.53. The second kappa shape index (κ2) is 11.5. The molecule has 0 radical (unpaired) electrons. The molecular weight excluding hydrogens is 481 g/mol. The first-order valence-corrected chi connectivity index (χ1v) is 11.1. The van der Waals surface area contributed by atoms with Crippen LogP contribution in [0.3, 0.4) is 0 Å². The fourth-order valence-corrected chi connectivity index (χ4v) is 4.64. The maximum Gasteiger partial charge on any atom is 0.194 e. The third kappa shape index (κ3) is 6.92. The van der Waals surface area contributed by atoms with E-state index in [1.54, 1.807) is 0 Å². The van der Waals surface area contributed by atoms with Crippen LogP contribution in [0.5, 0.6) is 0 Å². The van der Waals surface area contributed by atoms with Crippen LogP contribution < -0.4 is 5.32 Å². The molecule has 0 saturated carbocycles. The van der Waals surface area contributed by atoms with Gasteiger partial charge in [0.25, 0.3) is 0 Å². The third-order valence-electron chi connectivity index (χ3n) is 6.25. The standard InChI is InChI=1S/C21H41N5O2.HI/c1-6-22-20(25-8-7-19(15-25)24-9-11-27-12-10-24)23-16-21(4,5)26-13-17(2)28-18(3)14-26;/h17-19H,6-16H2,1-5H3,(H,22,23);1H. The van der Waals surface area contributed by atoms with Crippen LogP contribution in [0.4, 0.5) is 0 Å². The number of ether oxygens (including phenoxy) is 2. The lowest BCUT2D eigenvalue weighted by molar-refractivity contribution is -0.0939. The lowest BCUT2D eigenvalue weighted by Crippen LogP contribution is -2.56. The molecule has 3 unspecified atom stereocenters. The highest BCUT2D eigenvalue weighted by atomic mass is 127. The third-order valence-corrected chi connectivity index (χ3v) is 6.25. The summed E-state index contributed by atoms with van der Waals surface area (Å²) in [4.78, 5) is 12.7. The second-order valence-electron chi connectivity index (χ2n) is 9.18. The summed E-state index contributed by atoms with van der Waals surface area (Å²) in [6.07, 6.45) is 1.79. The summed E-state index contributed by atoms with van der Waals surface area (Å²) < 4.78 is 11.4. The second-order valence-corrected chi connectivity index (χ2v) is 9.18. The molecule has 3 aliphatic heterocycles. The number of morpholine rings is 2. The van der Waals surface area contributed by atoms with E-state index in [1.807, 2.05) is 0 Å². The molecule has 1 N–H and O–H groups in total. The molecule has 0 aromatic carbocycles. The minimum Gasteiger partial charge on any atom is -0.379 e. The number of aliphatic imine (C=N–C) groups is 1. The van der Waals surface area contributed by atoms with Crippen LogP contribution in [-0.2, 0) is 9.47 Å². The van der Waals surface area contributed by atoms with Crippen molar-refractivity contribution in [2.75, 3.05) is 65.6 Å². The lowest BCUT2D eigenvalue weighted by atomic mass is 10.0. The van der Waals surface area contributed by atoms with Crippen molar-refractivity contribution in [2.45, 2.75) is 64.8 Å². The molecule has 0 aromatic heterocycles. The molecule has 0 bridgehead atoms. The van der Waals surface area contributed by atoms with Crippen molar-refractivity contribution in [2.24, 2.45) is 4.99 Å². The highest BCUT2D eigenvalue weighted by molar-refractivity contribution is 14.0. The van der Waals surface area contributed by atoms with Gasteiger partial charge in [0, 0.05) is 57.4 Å². The fourth-order valence-electron chi connectivity index (χ4n) is 4.64. The Balaban J connectivity index is 0.00000300. The predicted molar refractivity (Wildman–Crippen MR) is 129 cm³/mol. The van der Waals surface area contributed by atoms with Crippen LogP contribution in [-0.4, -0.2) is 110 Å². The van der Waals surface area contributed by atoms with Crippen molar-refractivity contribution in [3.8, 4) is 0 Å². The molecule has 170 valence electrons. The molecule has 0 amide bonds. The fraction of sp³-hybridized carbons (Fsp3) is 0.952. The van der Waals surface area contributed by atoms with Gasteiger partial charge in [-0.2, -0.15) is 0 Å². The molecule has 0 aliphatic carbocycles. The molecule has 3 fully saturated rings. The van der Waals surface area contributed by atoms with Gasteiger partial charge in [0.1, 0.15) is 0 Å². The molecule has 3 atom stereocenters. The average molecular weight is 524 g/mol. The summed E-state index contributed by atoms with van der Waals surface area (Å²) in [6.45, 7) is 20.8. The summed E-state index contributed by atoms with van der Waals surface area (Å²) in [7, 11) is 0. The smallest absolute Gasteiger partial charge is 0.194 e. The van der Waals surface area contributed by atoms with E-state index in [0.717, 1.165) is 71.5 Å². The zero-order valence-corrected chi connectivity index (χ0v) is 21.4. The lowest BCUT2D eigenvalue weighted by Gasteiger charge is -2.44. The molecular formula is C21H42IN5O2. The Morgan fingerprint density at radius 1 is 1.07 bits per heavy atom. The first kappa shape index (κ1) is 25.1. The molecule has 3 rings (SSSR count). The Labute approximate surface area is 194 Å². The van der Waals surface area contributed by atoms with Crippen molar-refractivity contribution in [1.82, 2.24) is 20.0 Å². The predicted octanol–water partition coefficient (Wildman–Crippen LogP) is 1.86. The average Bonchev–Trinajstić information content (AvgIpc) is 3.15. The van der Waals surface area contributed by atoms with Gasteiger partial charge in [-0.1, -0.05) is 0 Å². The first-order chi connectivity index (χ1) is 13.4. The van der Waals surface area contributed by atoms with E-state index in [-0.39, 0.29) is 41.7 Å². The van der Waals surface area contributed by atoms with Gasteiger partial charge >= 0.3 is 0 Å². The Morgan fingerprint density at radius 3 is 2.34 bits per heavy atom. The van der Waals surface area contributed by atoms with Crippen LogP contribution in [0, 0.1) is 0 Å². The van der Waals surface area contributed by atoms with E-state index < -0.39 is 0 Å². The quantitative estimate of drug-likeness (QED) is 0.338. The summed E-state index contributed by atoms with van der Waals surface area (Å²) >= 11 is 0. The van der Waals surface area contributed by atoms with Crippen LogP contribution in [0.15, 0.2) is 4.99 Å². The molecule has 0 aromatic rings. The number of guanidine groups is 1. The van der Waals surface area contributed by atoms with Gasteiger partial charge < -0.3 is 19.7 Å². The van der Waals surface area contributed by atoms with E-state index in [1.165, 1.54) is 6.42 Å². The van der Waals surface area contributed by atoms with Gasteiger partial charge in [0.05, 0.1) is 32.0 Å². The maximum atomic E-state index is 5.91. The minimum absolute atomic E-state index is 0. The van der Waals surface area contributed by atoms with Gasteiger partial charge in [-0.05, 0) is 41.0 Å². The molecule has 3 aliphatic rings. The van der Waals surface area contributed by atoms with E-state index in [4.69, 9.17) is 14.5 Å². The molecule has 0 spiro atoms. The SMILES string of the molecule is CCNC(=NCC(C)(C)N1CC(C)OC(C)C1)N1CCC(N2CCOCC2)C1.I. The molecule has 3 heterocycles. The highest BCUT2D eigenvalue weighted by Crippen LogP contribution is 2.22. The van der Waals surface area contributed by atoms with E-state index >= 15 is 0 Å². The maximum absolute atomic E-state index is 5.91. The molecule has 8 heteroatoms. The zero-order valence-electron chi connectivity index (χ0n) is 19.0. The van der Waals surface area contributed by atoms with Crippen LogP contribution in [0.25, 0.3) is 0 Å². The number of halogens is 1. The normalized spacial score (nSPS) is 30.3. The minimum atomic E-state index is 0. The van der Waals surface area contributed by atoms with Gasteiger partial charge in [0.2, 0.25) is 0 Å². The number of rotatable bonds is 5. The summed E-state index contributed by atoms with van der Waals surface area (Å²) in [5.74, 6) is 1.07. The van der Waals surface area contributed by atoms with Gasteiger partial charge in [-0.15, -0.1) is 24.0 Å². The summed E-state index contributed by atoms with van der Waals surface area (Å²) in [6, 6.07) is 0.627. The first-order valence-electron chi connectivity index (χ1n) is 11.1. The largest absolute Gasteiger partial charge is 0.379 e. The number of likely N-dealkylation sites (tertiary alicyclic amines) is 1. The van der Waals surface area contributed by atoms with Gasteiger partial charge in [-0.25, -0.2) is 0 Å². The highest BCUT2D eigenvalue weighted by Gasteiger charge is 2.34. The van der Waals surface area contributed by atoms with Gasteiger partial charge in [-0.3, -0.25) is 14.8 Å². The topological polar surface area (TPSA) is 52.6 Å². The van der Waals surface area contributed by atoms with Crippen molar-refractivity contribution >= 4 is 29.9 Å². The van der Waals surface area contributed by atoms with Crippen LogP contribution in [0.2, 0.25) is 0 Å². The number of nitrogens with one attached hydrogen (secondary N) is 1. The molecule has 3 saturated heterocycles. The van der Waals surface area contributed by atoms with Crippen LogP contribution >= 0.6 is 24.0 Å². The molecule has 29 heavy (non-hydrogen) atoms. The number of hydrogen-bond donors (Lipinski definition) is 1.